The van der Waals surface area contributed by atoms with Crippen molar-refractivity contribution in [3.8, 4) is 0 Å². The van der Waals surface area contributed by atoms with E-state index in [0.717, 1.165) is 27.7 Å². The maximum Gasteiger partial charge on any atom is 0.265 e. The molecule has 0 radical (unpaired) electrons. The average Bonchev–Trinajstić information content (AvgIpc) is 2.96. The molecule has 0 aliphatic heterocycles. The monoisotopic (exact) mass is 408 g/mol. The summed E-state index contributed by atoms with van der Waals surface area (Å²) in [6, 6.07) is 12.5. The van der Waals surface area contributed by atoms with Gasteiger partial charge >= 0.3 is 0 Å². The number of aryl methyl sites for hydroxylation is 1. The molecule has 4 nitrogen and oxygen atoms in total. The number of allylic oxidation sites excluding steroid dienone is 1. The highest BCUT2D eigenvalue weighted by molar-refractivity contribution is 8.02. The van der Waals surface area contributed by atoms with E-state index in [2.05, 4.69) is 48.1 Å². The van der Waals surface area contributed by atoms with Crippen LogP contribution in [0.3, 0.4) is 0 Å². The summed E-state index contributed by atoms with van der Waals surface area (Å²) in [4.78, 5) is 1.28. The topological polar surface area (TPSA) is 58.2 Å². The van der Waals surface area contributed by atoms with Crippen LogP contribution in [-0.2, 0) is 16.7 Å². The molecule has 138 valence electrons. The summed E-state index contributed by atoms with van der Waals surface area (Å²) >= 11 is 3.45. The van der Waals surface area contributed by atoms with Gasteiger partial charge in [-0.05, 0) is 35.1 Å². The summed E-state index contributed by atoms with van der Waals surface area (Å²) in [6.07, 6.45) is 5.60. The van der Waals surface area contributed by atoms with Crippen molar-refractivity contribution in [1.82, 2.24) is 0 Å². The molecular formula is C19H22NO3S3+. The zero-order valence-electron chi connectivity index (χ0n) is 14.8. The molecule has 1 N–H and O–H groups in total. The van der Waals surface area contributed by atoms with Gasteiger partial charge in [-0.15, -0.1) is 11.8 Å². The smallest absolute Gasteiger partial charge is 0.265 e. The van der Waals surface area contributed by atoms with E-state index in [1.807, 2.05) is 12.1 Å². The van der Waals surface area contributed by atoms with Crippen LogP contribution in [-0.4, -0.2) is 25.0 Å². The summed E-state index contributed by atoms with van der Waals surface area (Å²) in [6.45, 7) is 2.68. The van der Waals surface area contributed by atoms with Crippen LogP contribution in [0.5, 0.6) is 0 Å². The van der Waals surface area contributed by atoms with Gasteiger partial charge in [0.1, 0.15) is 4.70 Å². The maximum atomic E-state index is 11.1. The van der Waals surface area contributed by atoms with E-state index in [1.165, 1.54) is 9.61 Å². The second-order valence-corrected chi connectivity index (χ2v) is 9.60. The van der Waals surface area contributed by atoms with Crippen molar-refractivity contribution in [1.29, 1.82) is 0 Å². The SMILES string of the molecule is CCC(=Cc1sc2ccc3ccccc3c2[n+]1CCCS(=O)(=O)O)SC. The quantitative estimate of drug-likeness (QED) is 0.453. The molecule has 0 aliphatic carbocycles. The fourth-order valence-corrected chi connectivity index (χ4v) is 5.31. The Bertz CT molecular complexity index is 1060. The van der Waals surface area contributed by atoms with Crippen molar-refractivity contribution in [2.24, 2.45) is 0 Å². The average molecular weight is 409 g/mol. The normalized spacial score (nSPS) is 13.0. The summed E-state index contributed by atoms with van der Waals surface area (Å²) in [7, 11) is -3.95. The second kappa shape index (κ2) is 8.08. The largest absolute Gasteiger partial charge is 0.286 e. The van der Waals surface area contributed by atoms with E-state index in [9.17, 15) is 8.42 Å². The lowest BCUT2D eigenvalue weighted by Gasteiger charge is -2.01. The molecule has 3 rings (SSSR count). The molecular weight excluding hydrogens is 386 g/mol. The highest BCUT2D eigenvalue weighted by Gasteiger charge is 2.22. The van der Waals surface area contributed by atoms with Crippen molar-refractivity contribution in [2.45, 2.75) is 26.3 Å². The number of benzene rings is 2. The Morgan fingerprint density at radius 3 is 2.73 bits per heavy atom. The number of thioether (sulfide) groups is 1. The number of aromatic nitrogens is 1. The van der Waals surface area contributed by atoms with Gasteiger partial charge in [-0.25, -0.2) is 0 Å². The van der Waals surface area contributed by atoms with Crippen molar-refractivity contribution < 1.29 is 17.5 Å². The molecule has 0 bridgehead atoms. The number of thiazole rings is 1. The van der Waals surface area contributed by atoms with Crippen LogP contribution in [0.1, 0.15) is 24.8 Å². The van der Waals surface area contributed by atoms with Crippen molar-refractivity contribution in [3.63, 3.8) is 0 Å². The highest BCUT2D eigenvalue weighted by atomic mass is 32.2. The number of fused-ring (bicyclic) bond motifs is 3. The summed E-state index contributed by atoms with van der Waals surface area (Å²) in [5, 5.41) is 3.44. The third-order valence-corrected chi connectivity index (χ3v) is 7.13. The lowest BCUT2D eigenvalue weighted by molar-refractivity contribution is -0.667. The van der Waals surface area contributed by atoms with Crippen molar-refractivity contribution in [3.05, 3.63) is 46.3 Å². The van der Waals surface area contributed by atoms with Gasteiger partial charge in [0.2, 0.25) is 5.52 Å². The van der Waals surface area contributed by atoms with Gasteiger partial charge in [-0.1, -0.05) is 42.5 Å². The molecule has 0 aliphatic rings. The number of rotatable bonds is 7. The van der Waals surface area contributed by atoms with Crippen LogP contribution in [0.4, 0.5) is 0 Å². The Labute approximate surface area is 162 Å². The van der Waals surface area contributed by atoms with Gasteiger partial charge in [-0.3, -0.25) is 4.55 Å². The summed E-state index contributed by atoms with van der Waals surface area (Å²) in [5.74, 6) is -0.228. The minimum atomic E-state index is -3.95. The number of nitrogens with zero attached hydrogens (tertiary/aromatic N) is 1. The zero-order chi connectivity index (χ0) is 18.7. The van der Waals surface area contributed by atoms with E-state index in [4.69, 9.17) is 4.55 Å². The Balaban J connectivity index is 2.17. The van der Waals surface area contributed by atoms with Crippen LogP contribution in [0.25, 0.3) is 27.1 Å². The molecule has 1 aromatic heterocycles. The molecule has 0 spiro atoms. The fourth-order valence-electron chi connectivity index (χ4n) is 3.05. The van der Waals surface area contributed by atoms with E-state index in [0.29, 0.717) is 13.0 Å². The van der Waals surface area contributed by atoms with Crippen molar-refractivity contribution in [2.75, 3.05) is 12.0 Å². The Morgan fingerprint density at radius 2 is 2.04 bits per heavy atom. The molecule has 26 heavy (non-hydrogen) atoms. The lowest BCUT2D eigenvalue weighted by atomic mass is 10.1. The van der Waals surface area contributed by atoms with Gasteiger partial charge in [0, 0.05) is 12.5 Å². The van der Waals surface area contributed by atoms with Crippen LogP contribution < -0.4 is 4.57 Å². The van der Waals surface area contributed by atoms with Gasteiger partial charge < -0.3 is 0 Å². The van der Waals surface area contributed by atoms with Gasteiger partial charge in [0.25, 0.3) is 15.1 Å². The first-order valence-corrected chi connectivity index (χ1v) is 12.1. The standard InChI is InChI=1S/C19H21NO3S3/c1-3-15(24-2)13-18-20(11-6-12-26(21,22)23)19-16-8-5-4-7-14(16)9-10-17(19)25-18/h4-5,7-10,13H,3,6,11-12H2,1-2H3/p+1. The third kappa shape index (κ3) is 4.28. The minimum absolute atomic E-state index is 0.228. The Kier molecular flexibility index (Phi) is 6.02. The fraction of sp³-hybridized carbons (Fsp3) is 0.316. The van der Waals surface area contributed by atoms with Crippen LogP contribution in [0, 0.1) is 0 Å². The van der Waals surface area contributed by atoms with Gasteiger partial charge in [-0.2, -0.15) is 13.0 Å². The molecule has 0 unspecified atom stereocenters. The lowest BCUT2D eigenvalue weighted by Crippen LogP contribution is -2.36. The number of hydrogen-bond acceptors (Lipinski definition) is 4. The first-order chi connectivity index (χ1) is 12.4. The Morgan fingerprint density at radius 1 is 1.27 bits per heavy atom. The Hall–Kier alpha value is -1.41. The van der Waals surface area contributed by atoms with Gasteiger partial charge in [0.15, 0.2) is 6.54 Å². The van der Waals surface area contributed by atoms with E-state index >= 15 is 0 Å². The number of hydrogen-bond donors (Lipinski definition) is 1. The first-order valence-electron chi connectivity index (χ1n) is 8.46. The molecule has 0 atom stereocenters. The van der Waals surface area contributed by atoms with E-state index in [1.54, 1.807) is 23.1 Å². The molecule has 0 amide bonds. The minimum Gasteiger partial charge on any atom is -0.286 e. The van der Waals surface area contributed by atoms with E-state index < -0.39 is 10.1 Å². The molecule has 2 aromatic carbocycles. The van der Waals surface area contributed by atoms with Crippen LogP contribution >= 0.6 is 23.1 Å². The maximum absolute atomic E-state index is 11.1. The molecule has 0 fully saturated rings. The molecule has 1 heterocycles. The summed E-state index contributed by atoms with van der Waals surface area (Å²) in [5.41, 5.74) is 1.13. The predicted octanol–water partition coefficient (Wildman–Crippen LogP) is 4.73. The second-order valence-electron chi connectivity index (χ2n) is 6.03. The molecule has 0 saturated carbocycles. The summed E-state index contributed by atoms with van der Waals surface area (Å²) < 4.78 is 34.7. The zero-order valence-corrected chi connectivity index (χ0v) is 17.3. The predicted molar refractivity (Wildman–Crippen MR) is 112 cm³/mol. The third-order valence-electron chi connectivity index (χ3n) is 4.29. The molecule has 0 saturated heterocycles. The first kappa shape index (κ1) is 19.4. The van der Waals surface area contributed by atoms with Crippen molar-refractivity contribution >= 4 is 60.3 Å². The molecule has 3 aromatic rings. The highest BCUT2D eigenvalue weighted by Crippen LogP contribution is 2.30. The van der Waals surface area contributed by atoms with Crippen LogP contribution in [0.15, 0.2) is 41.3 Å². The van der Waals surface area contributed by atoms with Crippen LogP contribution in [0.2, 0.25) is 0 Å². The van der Waals surface area contributed by atoms with E-state index in [-0.39, 0.29) is 5.75 Å². The molecule has 7 heteroatoms. The van der Waals surface area contributed by atoms with Gasteiger partial charge in [0.05, 0.1) is 11.1 Å².